The maximum absolute atomic E-state index is 13.2. The fraction of sp³-hybridized carbons (Fsp3) is 0.304. The lowest BCUT2D eigenvalue weighted by atomic mass is 10.0. The van der Waals surface area contributed by atoms with Crippen molar-refractivity contribution in [2.24, 2.45) is 0 Å². The molecular formula is C23H24N6O2. The van der Waals surface area contributed by atoms with Gasteiger partial charge in [0, 0.05) is 30.9 Å². The summed E-state index contributed by atoms with van der Waals surface area (Å²) in [6.07, 6.45) is 3.55. The number of pyridine rings is 1. The van der Waals surface area contributed by atoms with Crippen molar-refractivity contribution in [3.05, 3.63) is 58.6 Å². The second-order valence-electron chi connectivity index (χ2n) is 7.44. The molecule has 3 aromatic rings. The van der Waals surface area contributed by atoms with E-state index in [9.17, 15) is 4.79 Å². The van der Waals surface area contributed by atoms with Gasteiger partial charge in [0.25, 0.3) is 5.56 Å². The SMILES string of the molecule is CNC1CCN(c2nc(-c3ccc(C#N)nc3)c(-c3ccc(OC)cc3)c(=O)[nH]2)CC1. The predicted molar refractivity (Wildman–Crippen MR) is 119 cm³/mol. The second kappa shape index (κ2) is 8.98. The molecule has 2 N–H and O–H groups in total. The normalized spacial score (nSPS) is 14.3. The zero-order valence-electron chi connectivity index (χ0n) is 17.6. The molecule has 1 saturated heterocycles. The number of aromatic amines is 1. The van der Waals surface area contributed by atoms with Crippen LogP contribution in [0.1, 0.15) is 18.5 Å². The summed E-state index contributed by atoms with van der Waals surface area (Å²) >= 11 is 0. The van der Waals surface area contributed by atoms with Gasteiger partial charge in [-0.2, -0.15) is 5.26 Å². The van der Waals surface area contributed by atoms with Crippen molar-refractivity contribution >= 4 is 5.95 Å². The van der Waals surface area contributed by atoms with E-state index in [0.717, 1.165) is 31.5 Å². The smallest absolute Gasteiger partial charge is 0.260 e. The van der Waals surface area contributed by atoms with Crippen LogP contribution < -0.4 is 20.5 Å². The van der Waals surface area contributed by atoms with E-state index < -0.39 is 0 Å². The highest BCUT2D eigenvalue weighted by molar-refractivity contribution is 5.80. The predicted octanol–water partition coefficient (Wildman–Crippen LogP) is 2.57. The quantitative estimate of drug-likeness (QED) is 0.658. The number of aromatic nitrogens is 3. The average molecular weight is 416 g/mol. The molecule has 8 nitrogen and oxygen atoms in total. The third-order valence-corrected chi connectivity index (χ3v) is 5.64. The summed E-state index contributed by atoms with van der Waals surface area (Å²) in [5.41, 5.74) is 2.51. The van der Waals surface area contributed by atoms with Crippen molar-refractivity contribution in [1.29, 1.82) is 5.26 Å². The first-order valence-corrected chi connectivity index (χ1v) is 10.2. The first kappa shape index (κ1) is 20.6. The van der Waals surface area contributed by atoms with E-state index in [1.54, 1.807) is 25.4 Å². The van der Waals surface area contributed by atoms with Gasteiger partial charge in [0.1, 0.15) is 17.5 Å². The Bertz CT molecular complexity index is 1140. The Hall–Kier alpha value is -3.70. The molecule has 0 spiro atoms. The fourth-order valence-electron chi connectivity index (χ4n) is 3.83. The number of hydrogen-bond donors (Lipinski definition) is 2. The largest absolute Gasteiger partial charge is 0.497 e. The molecular weight excluding hydrogens is 392 g/mol. The Morgan fingerprint density at radius 3 is 2.45 bits per heavy atom. The number of ether oxygens (including phenoxy) is 1. The van der Waals surface area contributed by atoms with E-state index >= 15 is 0 Å². The number of H-pyrrole nitrogens is 1. The molecule has 0 aliphatic carbocycles. The van der Waals surface area contributed by atoms with E-state index in [1.165, 1.54) is 0 Å². The minimum atomic E-state index is -0.217. The fourth-order valence-corrected chi connectivity index (χ4v) is 3.83. The number of piperidine rings is 1. The highest BCUT2D eigenvalue weighted by Gasteiger charge is 2.22. The summed E-state index contributed by atoms with van der Waals surface area (Å²) in [7, 11) is 3.57. The van der Waals surface area contributed by atoms with E-state index in [2.05, 4.69) is 20.2 Å². The maximum atomic E-state index is 13.2. The summed E-state index contributed by atoms with van der Waals surface area (Å²) in [6.45, 7) is 1.61. The van der Waals surface area contributed by atoms with E-state index in [4.69, 9.17) is 15.0 Å². The first-order valence-electron chi connectivity index (χ1n) is 10.2. The summed E-state index contributed by atoms with van der Waals surface area (Å²) < 4.78 is 5.24. The molecule has 1 aliphatic rings. The summed E-state index contributed by atoms with van der Waals surface area (Å²) in [4.78, 5) is 27.3. The van der Waals surface area contributed by atoms with Crippen LogP contribution in [0.15, 0.2) is 47.4 Å². The van der Waals surface area contributed by atoms with Crippen LogP contribution in [0.25, 0.3) is 22.4 Å². The lowest BCUT2D eigenvalue weighted by Gasteiger charge is -2.32. The van der Waals surface area contributed by atoms with E-state index in [-0.39, 0.29) is 5.56 Å². The highest BCUT2D eigenvalue weighted by Crippen LogP contribution is 2.30. The van der Waals surface area contributed by atoms with Gasteiger partial charge in [-0.1, -0.05) is 12.1 Å². The molecule has 2 aromatic heterocycles. The number of benzene rings is 1. The minimum absolute atomic E-state index is 0.217. The van der Waals surface area contributed by atoms with Crippen LogP contribution in [0.2, 0.25) is 0 Å². The van der Waals surface area contributed by atoms with Gasteiger partial charge in [-0.3, -0.25) is 9.78 Å². The molecule has 0 radical (unpaired) electrons. The molecule has 0 saturated carbocycles. The number of hydrogen-bond acceptors (Lipinski definition) is 7. The number of rotatable bonds is 5. The van der Waals surface area contributed by atoms with Gasteiger partial charge in [-0.15, -0.1) is 0 Å². The lowest BCUT2D eigenvalue weighted by Crippen LogP contribution is -2.42. The highest BCUT2D eigenvalue weighted by atomic mass is 16.5. The molecule has 1 aliphatic heterocycles. The maximum Gasteiger partial charge on any atom is 0.260 e. The van der Waals surface area contributed by atoms with Crippen LogP contribution in [-0.2, 0) is 0 Å². The Morgan fingerprint density at radius 1 is 1.16 bits per heavy atom. The van der Waals surface area contributed by atoms with Crippen molar-refractivity contribution in [2.75, 3.05) is 32.1 Å². The Balaban J connectivity index is 1.81. The summed E-state index contributed by atoms with van der Waals surface area (Å²) in [5, 5.41) is 12.4. The van der Waals surface area contributed by atoms with Crippen molar-refractivity contribution in [2.45, 2.75) is 18.9 Å². The van der Waals surface area contributed by atoms with Gasteiger partial charge < -0.3 is 15.0 Å². The van der Waals surface area contributed by atoms with Crippen molar-refractivity contribution in [3.8, 4) is 34.2 Å². The van der Waals surface area contributed by atoms with Crippen molar-refractivity contribution in [3.63, 3.8) is 0 Å². The van der Waals surface area contributed by atoms with Crippen LogP contribution in [0.5, 0.6) is 5.75 Å². The zero-order valence-corrected chi connectivity index (χ0v) is 17.6. The average Bonchev–Trinajstić information content (AvgIpc) is 2.84. The van der Waals surface area contributed by atoms with Crippen LogP contribution in [-0.4, -0.2) is 48.2 Å². The molecule has 0 unspecified atom stereocenters. The number of anilines is 1. The molecule has 1 fully saturated rings. The van der Waals surface area contributed by atoms with Crippen LogP contribution >= 0.6 is 0 Å². The van der Waals surface area contributed by atoms with Gasteiger partial charge >= 0.3 is 0 Å². The van der Waals surface area contributed by atoms with E-state index in [1.807, 2.05) is 37.4 Å². The van der Waals surface area contributed by atoms with Gasteiger partial charge in [-0.25, -0.2) is 9.97 Å². The van der Waals surface area contributed by atoms with Crippen LogP contribution in [0, 0.1) is 11.3 Å². The zero-order chi connectivity index (χ0) is 21.8. The molecule has 0 bridgehead atoms. The molecule has 3 heterocycles. The first-order chi connectivity index (χ1) is 15.1. The third kappa shape index (κ3) is 4.27. The number of nitriles is 1. The summed E-state index contributed by atoms with van der Waals surface area (Å²) in [5.74, 6) is 1.26. The van der Waals surface area contributed by atoms with E-state index in [0.29, 0.717) is 40.3 Å². The van der Waals surface area contributed by atoms with Gasteiger partial charge in [0.15, 0.2) is 0 Å². The number of nitrogens with zero attached hydrogens (tertiary/aromatic N) is 4. The molecule has 0 amide bonds. The monoisotopic (exact) mass is 416 g/mol. The Labute approximate surface area is 180 Å². The molecule has 158 valence electrons. The van der Waals surface area contributed by atoms with Crippen LogP contribution in [0.4, 0.5) is 5.95 Å². The van der Waals surface area contributed by atoms with Crippen LogP contribution in [0.3, 0.4) is 0 Å². The minimum Gasteiger partial charge on any atom is -0.497 e. The molecule has 0 atom stereocenters. The second-order valence-corrected chi connectivity index (χ2v) is 7.44. The lowest BCUT2D eigenvalue weighted by molar-refractivity contribution is 0.415. The number of methoxy groups -OCH3 is 1. The molecule has 31 heavy (non-hydrogen) atoms. The van der Waals surface area contributed by atoms with Gasteiger partial charge in [-0.05, 0) is 49.7 Å². The third-order valence-electron chi connectivity index (χ3n) is 5.64. The molecule has 8 heteroatoms. The standard InChI is InChI=1S/C23H24N6O2/c1-25-17-9-11-29(12-10-17)23-27-21(16-3-6-18(13-24)26-14-16)20(22(30)28-23)15-4-7-19(31-2)8-5-15/h3-8,14,17,25H,9-12H2,1-2H3,(H,27,28,30). The Morgan fingerprint density at radius 2 is 1.87 bits per heavy atom. The molecule has 1 aromatic carbocycles. The molecule has 4 rings (SSSR count). The topological polar surface area (TPSA) is 107 Å². The van der Waals surface area contributed by atoms with Crippen molar-refractivity contribution in [1.82, 2.24) is 20.3 Å². The van der Waals surface area contributed by atoms with Gasteiger partial charge in [0.05, 0.1) is 18.4 Å². The number of nitrogens with one attached hydrogen (secondary N) is 2. The van der Waals surface area contributed by atoms with Crippen molar-refractivity contribution < 1.29 is 4.74 Å². The summed E-state index contributed by atoms with van der Waals surface area (Å²) in [6, 6.07) is 13.2. The van der Waals surface area contributed by atoms with Gasteiger partial charge in [0.2, 0.25) is 5.95 Å². The Kier molecular flexibility index (Phi) is 5.96.